The maximum Gasteiger partial charge on any atom is 0.279 e. The van der Waals surface area contributed by atoms with Crippen LogP contribution in [0.25, 0.3) is 10.2 Å². The summed E-state index contributed by atoms with van der Waals surface area (Å²) in [5.74, 6) is 1.63. The fourth-order valence-corrected chi connectivity index (χ4v) is 4.36. The molecular formula is C23H28N2O3S. The number of nitrogens with zero attached hydrogens (tertiary/aromatic N) is 1. The van der Waals surface area contributed by atoms with E-state index >= 15 is 0 Å². The Balaban J connectivity index is 1.26. The minimum atomic E-state index is 0.0880. The van der Waals surface area contributed by atoms with E-state index in [-0.39, 0.29) is 6.61 Å². The van der Waals surface area contributed by atoms with Gasteiger partial charge in [0.2, 0.25) is 0 Å². The van der Waals surface area contributed by atoms with E-state index in [2.05, 4.69) is 28.5 Å². The zero-order chi connectivity index (χ0) is 19.9. The summed E-state index contributed by atoms with van der Waals surface area (Å²) in [5, 5.41) is 13.1. The smallest absolute Gasteiger partial charge is 0.279 e. The molecule has 2 N–H and O–H groups in total. The number of ether oxygens (including phenoxy) is 2. The molecule has 0 bridgehead atoms. The Bertz CT molecular complexity index is 860. The number of aryl methyl sites for hydroxylation is 1. The molecule has 1 atom stereocenters. The molecule has 5 nitrogen and oxygen atoms in total. The molecule has 1 unspecified atom stereocenters. The van der Waals surface area contributed by atoms with Crippen molar-refractivity contribution in [3.05, 3.63) is 54.1 Å². The first kappa shape index (κ1) is 20.3. The van der Waals surface area contributed by atoms with E-state index in [9.17, 15) is 0 Å². The number of nitrogens with one attached hydrogen (secondary N) is 1. The molecule has 0 aliphatic heterocycles. The Morgan fingerprint density at radius 1 is 1.10 bits per heavy atom. The number of hydrogen-bond acceptors (Lipinski definition) is 6. The zero-order valence-corrected chi connectivity index (χ0v) is 17.4. The molecule has 0 saturated heterocycles. The van der Waals surface area contributed by atoms with Crippen molar-refractivity contribution < 1.29 is 14.6 Å². The van der Waals surface area contributed by atoms with E-state index in [1.54, 1.807) is 11.3 Å². The summed E-state index contributed by atoms with van der Waals surface area (Å²) in [6, 6.07) is 17.0. The quantitative estimate of drug-likeness (QED) is 0.432. The van der Waals surface area contributed by atoms with Gasteiger partial charge in [0, 0.05) is 12.6 Å². The average Bonchev–Trinajstić information content (AvgIpc) is 3.50. The van der Waals surface area contributed by atoms with Crippen LogP contribution in [0.3, 0.4) is 0 Å². The molecule has 29 heavy (non-hydrogen) atoms. The van der Waals surface area contributed by atoms with Crippen LogP contribution >= 0.6 is 11.3 Å². The molecule has 0 amide bonds. The fraction of sp³-hybridized carbons (Fsp3) is 0.435. The highest BCUT2D eigenvalue weighted by atomic mass is 32.1. The van der Waals surface area contributed by atoms with Gasteiger partial charge in [-0.15, -0.1) is 0 Å². The van der Waals surface area contributed by atoms with Crippen molar-refractivity contribution in [2.45, 2.75) is 31.7 Å². The number of para-hydroxylation sites is 1. The molecular weight excluding hydrogens is 384 g/mol. The first-order valence-corrected chi connectivity index (χ1v) is 11.2. The van der Waals surface area contributed by atoms with Crippen LogP contribution < -0.4 is 10.1 Å². The van der Waals surface area contributed by atoms with Crippen LogP contribution in [0.1, 0.15) is 24.8 Å². The molecule has 2 aromatic carbocycles. The Hall–Kier alpha value is -1.99. The predicted molar refractivity (Wildman–Crippen MR) is 117 cm³/mol. The van der Waals surface area contributed by atoms with Crippen molar-refractivity contribution in [3.8, 4) is 10.9 Å². The molecule has 6 heteroatoms. The third kappa shape index (κ3) is 6.00. The molecule has 1 heterocycles. The van der Waals surface area contributed by atoms with Crippen LogP contribution in [0.4, 0.5) is 0 Å². The van der Waals surface area contributed by atoms with Gasteiger partial charge < -0.3 is 19.9 Å². The Kier molecular flexibility index (Phi) is 7.11. The van der Waals surface area contributed by atoms with Gasteiger partial charge >= 0.3 is 0 Å². The lowest BCUT2D eigenvalue weighted by molar-refractivity contribution is 0.0920. The second kappa shape index (κ2) is 10.2. The number of rotatable bonds is 12. The summed E-state index contributed by atoms with van der Waals surface area (Å²) in [6.07, 6.45) is 4.82. The van der Waals surface area contributed by atoms with Crippen LogP contribution in [0.5, 0.6) is 10.9 Å². The molecule has 1 aliphatic rings. The van der Waals surface area contributed by atoms with Gasteiger partial charge in [-0.3, -0.25) is 0 Å². The van der Waals surface area contributed by atoms with Gasteiger partial charge in [-0.25, -0.2) is 4.98 Å². The summed E-state index contributed by atoms with van der Waals surface area (Å²) >= 11 is 1.57. The predicted octanol–water partition coefficient (Wildman–Crippen LogP) is 4.40. The van der Waals surface area contributed by atoms with Gasteiger partial charge in [0.1, 0.15) is 5.75 Å². The lowest BCUT2D eigenvalue weighted by atomic mass is 10.0. The van der Waals surface area contributed by atoms with Crippen molar-refractivity contribution in [2.24, 2.45) is 5.92 Å². The van der Waals surface area contributed by atoms with Crippen LogP contribution in [-0.2, 0) is 11.2 Å². The van der Waals surface area contributed by atoms with E-state index in [4.69, 9.17) is 14.6 Å². The SMILES string of the molecule is OCCOCCNC(CCc1ccc(Oc2nc3ccccc3s2)cc1)C1CC1. The van der Waals surface area contributed by atoms with E-state index in [0.717, 1.165) is 41.3 Å². The van der Waals surface area contributed by atoms with Crippen LogP contribution in [0.15, 0.2) is 48.5 Å². The highest BCUT2D eigenvalue weighted by Crippen LogP contribution is 2.35. The molecule has 0 spiro atoms. The van der Waals surface area contributed by atoms with Gasteiger partial charge in [-0.05, 0) is 61.4 Å². The molecule has 4 rings (SSSR count). The van der Waals surface area contributed by atoms with Crippen LogP contribution in [0, 0.1) is 5.92 Å². The van der Waals surface area contributed by atoms with Crippen molar-refractivity contribution in [2.75, 3.05) is 26.4 Å². The standard InChI is InChI=1S/C23H28N2O3S/c26-14-16-27-15-13-24-20(18-8-9-18)12-7-17-5-10-19(11-6-17)28-23-25-21-3-1-2-4-22(21)29-23/h1-6,10-11,18,20,24,26H,7-9,12-16H2. The zero-order valence-electron chi connectivity index (χ0n) is 16.5. The Labute approximate surface area is 175 Å². The number of fused-ring (bicyclic) bond motifs is 1. The summed E-state index contributed by atoms with van der Waals surface area (Å²) in [7, 11) is 0. The van der Waals surface area contributed by atoms with E-state index in [0.29, 0.717) is 24.4 Å². The highest BCUT2D eigenvalue weighted by molar-refractivity contribution is 7.20. The van der Waals surface area contributed by atoms with Crippen molar-refractivity contribution >= 4 is 21.6 Å². The maximum atomic E-state index is 8.76. The van der Waals surface area contributed by atoms with E-state index in [1.165, 1.54) is 18.4 Å². The number of benzene rings is 2. The second-order valence-corrected chi connectivity index (χ2v) is 8.46. The lowest BCUT2D eigenvalue weighted by Gasteiger charge is -2.18. The summed E-state index contributed by atoms with van der Waals surface area (Å²) in [6.45, 7) is 2.00. The normalized spacial score (nSPS) is 14.9. The summed E-state index contributed by atoms with van der Waals surface area (Å²) in [5.41, 5.74) is 2.30. The molecule has 1 fully saturated rings. The Morgan fingerprint density at radius 2 is 1.93 bits per heavy atom. The van der Waals surface area contributed by atoms with Crippen molar-refractivity contribution in [3.63, 3.8) is 0 Å². The summed E-state index contributed by atoms with van der Waals surface area (Å²) in [4.78, 5) is 4.53. The third-order valence-corrected chi connectivity index (χ3v) is 6.14. The maximum absolute atomic E-state index is 8.76. The third-order valence-electron chi connectivity index (χ3n) is 5.23. The number of aliphatic hydroxyl groups is 1. The molecule has 1 saturated carbocycles. The van der Waals surface area contributed by atoms with Gasteiger partial charge in [-0.2, -0.15) is 0 Å². The number of thiazole rings is 1. The van der Waals surface area contributed by atoms with E-state index in [1.807, 2.05) is 30.3 Å². The van der Waals surface area contributed by atoms with Crippen LogP contribution in [0.2, 0.25) is 0 Å². The van der Waals surface area contributed by atoms with Crippen molar-refractivity contribution in [1.29, 1.82) is 0 Å². The van der Waals surface area contributed by atoms with Gasteiger partial charge in [0.05, 0.1) is 30.0 Å². The number of aliphatic hydroxyl groups excluding tert-OH is 1. The van der Waals surface area contributed by atoms with Gasteiger partial charge in [0.15, 0.2) is 0 Å². The number of hydrogen-bond donors (Lipinski definition) is 2. The van der Waals surface area contributed by atoms with Gasteiger partial charge in [-0.1, -0.05) is 35.6 Å². The first-order chi connectivity index (χ1) is 14.3. The highest BCUT2D eigenvalue weighted by Gasteiger charge is 2.30. The number of aromatic nitrogens is 1. The fourth-order valence-electron chi connectivity index (χ4n) is 3.53. The Morgan fingerprint density at radius 3 is 2.69 bits per heavy atom. The molecule has 1 aliphatic carbocycles. The molecule has 3 aromatic rings. The van der Waals surface area contributed by atoms with Crippen molar-refractivity contribution in [1.82, 2.24) is 10.3 Å². The molecule has 154 valence electrons. The van der Waals surface area contributed by atoms with Crippen LogP contribution in [-0.4, -0.2) is 42.5 Å². The topological polar surface area (TPSA) is 63.6 Å². The monoisotopic (exact) mass is 412 g/mol. The summed E-state index contributed by atoms with van der Waals surface area (Å²) < 4.78 is 12.4. The second-order valence-electron chi connectivity index (χ2n) is 7.47. The minimum absolute atomic E-state index is 0.0880. The van der Waals surface area contributed by atoms with E-state index < -0.39 is 0 Å². The lowest BCUT2D eigenvalue weighted by Crippen LogP contribution is -2.34. The first-order valence-electron chi connectivity index (χ1n) is 10.4. The molecule has 0 radical (unpaired) electrons. The molecule has 1 aromatic heterocycles. The average molecular weight is 413 g/mol. The largest absolute Gasteiger partial charge is 0.431 e. The van der Waals surface area contributed by atoms with Gasteiger partial charge in [0.25, 0.3) is 5.19 Å². The minimum Gasteiger partial charge on any atom is -0.431 e.